The fourth-order valence-electron chi connectivity index (χ4n) is 2.81. The number of rotatable bonds is 2. The molecule has 1 fully saturated rings. The highest BCUT2D eigenvalue weighted by Gasteiger charge is 2.31. The Labute approximate surface area is 103 Å². The Morgan fingerprint density at radius 2 is 2.00 bits per heavy atom. The molecule has 0 saturated heterocycles. The van der Waals surface area contributed by atoms with Crippen LogP contribution in [0, 0.1) is 5.82 Å². The van der Waals surface area contributed by atoms with E-state index >= 15 is 0 Å². The van der Waals surface area contributed by atoms with Gasteiger partial charge in [-0.15, -0.1) is 0 Å². The van der Waals surface area contributed by atoms with Gasteiger partial charge in [-0.1, -0.05) is 19.9 Å². The van der Waals surface area contributed by atoms with Gasteiger partial charge in [0.2, 0.25) is 0 Å². The summed E-state index contributed by atoms with van der Waals surface area (Å²) in [6.07, 6.45) is 3.76. The molecule has 3 rings (SSSR count). The highest BCUT2D eigenvalue weighted by atomic mass is 19.1. The summed E-state index contributed by atoms with van der Waals surface area (Å²) in [5.41, 5.74) is 3.46. The summed E-state index contributed by atoms with van der Waals surface area (Å²) in [7, 11) is 0. The molecule has 1 heterocycles. The Morgan fingerprint density at radius 1 is 1.24 bits per heavy atom. The molecule has 0 aromatic heterocycles. The summed E-state index contributed by atoms with van der Waals surface area (Å²) in [5, 5.41) is 0. The van der Waals surface area contributed by atoms with E-state index in [1.807, 2.05) is 0 Å². The van der Waals surface area contributed by atoms with Crippen molar-refractivity contribution in [3.63, 3.8) is 0 Å². The minimum absolute atomic E-state index is 0.0172. The number of nitrogens with zero attached hydrogens (tertiary/aromatic N) is 1. The molecule has 92 valence electrons. The number of benzene rings is 1. The van der Waals surface area contributed by atoms with Crippen molar-refractivity contribution < 1.29 is 4.39 Å². The van der Waals surface area contributed by atoms with Crippen molar-refractivity contribution in [3.8, 4) is 0 Å². The van der Waals surface area contributed by atoms with E-state index in [1.165, 1.54) is 24.0 Å². The zero-order valence-corrected chi connectivity index (χ0v) is 10.7. The molecule has 2 aliphatic rings. The average Bonchev–Trinajstić information content (AvgIpc) is 3.10. The van der Waals surface area contributed by atoms with E-state index in [2.05, 4.69) is 24.8 Å². The number of fused-ring (bicyclic) bond motifs is 1. The molecule has 1 aromatic rings. The first-order valence-corrected chi connectivity index (χ1v) is 6.70. The van der Waals surface area contributed by atoms with Gasteiger partial charge in [0.05, 0.1) is 0 Å². The van der Waals surface area contributed by atoms with Crippen molar-refractivity contribution in [1.82, 2.24) is 4.90 Å². The van der Waals surface area contributed by atoms with Crippen LogP contribution < -0.4 is 0 Å². The van der Waals surface area contributed by atoms with Gasteiger partial charge in [-0.25, -0.2) is 4.39 Å². The van der Waals surface area contributed by atoms with Gasteiger partial charge in [-0.3, -0.25) is 4.90 Å². The van der Waals surface area contributed by atoms with E-state index in [9.17, 15) is 4.39 Å². The third-order valence-corrected chi connectivity index (χ3v) is 4.05. The smallest absolute Gasteiger partial charge is 0.126 e. The number of hydrogen-bond donors (Lipinski definition) is 0. The molecule has 2 heteroatoms. The second-order valence-electron chi connectivity index (χ2n) is 5.75. The molecule has 0 atom stereocenters. The highest BCUT2D eigenvalue weighted by molar-refractivity contribution is 5.36. The van der Waals surface area contributed by atoms with E-state index < -0.39 is 0 Å². The van der Waals surface area contributed by atoms with E-state index in [0.717, 1.165) is 31.1 Å². The molecule has 1 aliphatic carbocycles. The monoisotopic (exact) mass is 233 g/mol. The summed E-state index contributed by atoms with van der Waals surface area (Å²) < 4.78 is 14.0. The van der Waals surface area contributed by atoms with Gasteiger partial charge in [-0.2, -0.15) is 0 Å². The van der Waals surface area contributed by atoms with Crippen LogP contribution in [-0.2, 0) is 13.0 Å². The lowest BCUT2D eigenvalue weighted by molar-refractivity contribution is 0.243. The summed E-state index contributed by atoms with van der Waals surface area (Å²) in [4.78, 5) is 2.51. The van der Waals surface area contributed by atoms with Crippen molar-refractivity contribution in [1.29, 1.82) is 0 Å². The zero-order chi connectivity index (χ0) is 12.0. The van der Waals surface area contributed by atoms with Gasteiger partial charge in [0.1, 0.15) is 5.82 Å². The van der Waals surface area contributed by atoms with Crippen LogP contribution >= 0.6 is 0 Å². The predicted octanol–water partition coefficient (Wildman–Crippen LogP) is 3.47. The van der Waals surface area contributed by atoms with E-state index in [-0.39, 0.29) is 11.7 Å². The van der Waals surface area contributed by atoms with E-state index in [1.54, 1.807) is 6.07 Å². The second-order valence-corrected chi connectivity index (χ2v) is 5.75. The van der Waals surface area contributed by atoms with Crippen LogP contribution in [0.4, 0.5) is 4.39 Å². The largest absolute Gasteiger partial charge is 0.296 e. The molecule has 1 aliphatic heterocycles. The van der Waals surface area contributed by atoms with Gasteiger partial charge >= 0.3 is 0 Å². The SMILES string of the molecule is CC(C)c1cc2c(cc1F)CN(C1CC1)CC2. The first kappa shape index (κ1) is 11.2. The van der Waals surface area contributed by atoms with E-state index in [4.69, 9.17) is 0 Å². The quantitative estimate of drug-likeness (QED) is 0.756. The lowest BCUT2D eigenvalue weighted by Gasteiger charge is -2.29. The Hall–Kier alpha value is -0.890. The third kappa shape index (κ3) is 2.11. The lowest BCUT2D eigenvalue weighted by atomic mass is 9.92. The van der Waals surface area contributed by atoms with Gasteiger partial charge in [0.25, 0.3) is 0 Å². The van der Waals surface area contributed by atoms with Crippen LogP contribution in [0.1, 0.15) is 49.3 Å². The van der Waals surface area contributed by atoms with Crippen LogP contribution in [0.25, 0.3) is 0 Å². The second kappa shape index (κ2) is 4.09. The van der Waals surface area contributed by atoms with Gasteiger partial charge < -0.3 is 0 Å². The maximum Gasteiger partial charge on any atom is 0.126 e. The molecular formula is C15H20FN. The van der Waals surface area contributed by atoms with Crippen LogP contribution in [-0.4, -0.2) is 17.5 Å². The Balaban J connectivity index is 1.90. The van der Waals surface area contributed by atoms with Crippen LogP contribution in [0.2, 0.25) is 0 Å². The van der Waals surface area contributed by atoms with Crippen molar-refractivity contribution >= 4 is 0 Å². The van der Waals surface area contributed by atoms with Crippen LogP contribution in [0.5, 0.6) is 0 Å². The summed E-state index contributed by atoms with van der Waals surface area (Å²) in [6, 6.07) is 4.66. The summed E-state index contributed by atoms with van der Waals surface area (Å²) in [5.74, 6) is 0.262. The predicted molar refractivity (Wildman–Crippen MR) is 67.6 cm³/mol. The lowest BCUT2D eigenvalue weighted by Crippen LogP contribution is -2.32. The minimum Gasteiger partial charge on any atom is -0.296 e. The first-order chi connectivity index (χ1) is 8.15. The molecule has 0 radical (unpaired) electrons. The maximum atomic E-state index is 14.0. The van der Waals surface area contributed by atoms with E-state index in [0.29, 0.717) is 0 Å². The van der Waals surface area contributed by atoms with Crippen molar-refractivity contribution in [2.45, 2.75) is 51.6 Å². The molecule has 0 N–H and O–H groups in total. The highest BCUT2D eigenvalue weighted by Crippen LogP contribution is 2.33. The summed E-state index contributed by atoms with van der Waals surface area (Å²) >= 11 is 0. The van der Waals surface area contributed by atoms with Crippen molar-refractivity contribution in [3.05, 3.63) is 34.6 Å². The van der Waals surface area contributed by atoms with Gasteiger partial charge in [0.15, 0.2) is 0 Å². The molecule has 1 nitrogen and oxygen atoms in total. The molecule has 1 aromatic carbocycles. The van der Waals surface area contributed by atoms with Gasteiger partial charge in [0, 0.05) is 19.1 Å². The fourth-order valence-corrected chi connectivity index (χ4v) is 2.81. The molecule has 0 spiro atoms. The maximum absolute atomic E-state index is 14.0. The molecule has 17 heavy (non-hydrogen) atoms. The Morgan fingerprint density at radius 3 is 2.65 bits per heavy atom. The number of hydrogen-bond acceptors (Lipinski definition) is 1. The minimum atomic E-state index is -0.0172. The standard InChI is InChI=1S/C15H20FN/c1-10(2)14-7-11-5-6-17(13-3-4-13)9-12(11)8-15(14)16/h7-8,10,13H,3-6,9H2,1-2H3. The molecule has 1 saturated carbocycles. The van der Waals surface area contributed by atoms with Crippen molar-refractivity contribution in [2.24, 2.45) is 0 Å². The fraction of sp³-hybridized carbons (Fsp3) is 0.600. The van der Waals surface area contributed by atoms with Crippen molar-refractivity contribution in [2.75, 3.05) is 6.54 Å². The average molecular weight is 233 g/mol. The third-order valence-electron chi connectivity index (χ3n) is 4.05. The molecule has 0 unspecified atom stereocenters. The zero-order valence-electron chi connectivity index (χ0n) is 10.7. The van der Waals surface area contributed by atoms with Crippen LogP contribution in [0.3, 0.4) is 0 Å². The van der Waals surface area contributed by atoms with Crippen LogP contribution in [0.15, 0.2) is 12.1 Å². The molecule has 0 amide bonds. The first-order valence-electron chi connectivity index (χ1n) is 6.70. The molecule has 0 bridgehead atoms. The summed E-state index contributed by atoms with van der Waals surface area (Å²) in [6.45, 7) is 6.23. The topological polar surface area (TPSA) is 3.24 Å². The number of halogens is 1. The Kier molecular flexibility index (Phi) is 2.70. The van der Waals surface area contributed by atoms with Gasteiger partial charge in [-0.05, 0) is 47.9 Å². The molecular weight excluding hydrogens is 213 g/mol. The Bertz CT molecular complexity index is 435. The normalized spacial score (nSPS) is 20.7.